The number of ketones is 1. The monoisotopic (exact) mass is 717 g/mol. The van der Waals surface area contributed by atoms with Crippen LogP contribution in [0.3, 0.4) is 0 Å². The van der Waals surface area contributed by atoms with Gasteiger partial charge >= 0.3 is 5.97 Å². The molecule has 4 fully saturated rings. The van der Waals surface area contributed by atoms with Crippen LogP contribution in [0, 0.1) is 35.5 Å². The number of aliphatic hydroxyl groups excluding tert-OH is 1. The molecule has 0 aromatic carbocycles. The number of carbonyl (C=O) groups is 2. The number of cyclic esters (lactones) is 1. The topological polar surface area (TPSA) is 122 Å². The lowest BCUT2D eigenvalue weighted by atomic mass is 9.70. The van der Waals surface area contributed by atoms with Gasteiger partial charge in [-0.15, -0.1) is 0 Å². The average molecular weight is 718 g/mol. The minimum Gasteiger partial charge on any atom is -0.462 e. The van der Waals surface area contributed by atoms with E-state index in [1.807, 2.05) is 13.8 Å². The molecule has 1 N–H and O–H groups in total. The molecule has 11 heteroatoms. The number of likely N-dealkylation sites (N-methyl/N-ethyl adjacent to an activating group) is 1. The summed E-state index contributed by atoms with van der Waals surface area (Å²) in [7, 11) is 7.31. The maximum absolute atomic E-state index is 14.6. The summed E-state index contributed by atoms with van der Waals surface area (Å²) in [6.45, 7) is 7.98. The first-order valence-electron chi connectivity index (χ1n) is 19.6. The summed E-state index contributed by atoms with van der Waals surface area (Å²) >= 11 is 0. The van der Waals surface area contributed by atoms with Crippen LogP contribution in [0.4, 0.5) is 0 Å². The summed E-state index contributed by atoms with van der Waals surface area (Å²) < 4.78 is 43.1. The second kappa shape index (κ2) is 16.8. The average Bonchev–Trinajstić information content (AvgIpc) is 3.68. The zero-order valence-electron chi connectivity index (χ0n) is 32.0. The van der Waals surface area contributed by atoms with Crippen molar-refractivity contribution >= 4 is 11.8 Å². The second-order valence-corrected chi connectivity index (χ2v) is 16.3. The molecule has 3 saturated heterocycles. The van der Waals surface area contributed by atoms with Crippen LogP contribution in [0.2, 0.25) is 0 Å². The van der Waals surface area contributed by atoms with E-state index in [4.69, 9.17) is 33.2 Å². The summed E-state index contributed by atoms with van der Waals surface area (Å²) in [5.41, 5.74) is 0.748. The first-order valence-corrected chi connectivity index (χ1v) is 19.6. The van der Waals surface area contributed by atoms with Gasteiger partial charge in [-0.25, -0.2) is 0 Å². The number of rotatable bonds is 8. The maximum Gasteiger partial charge on any atom is 0.306 e. The maximum atomic E-state index is 14.6. The van der Waals surface area contributed by atoms with E-state index in [9.17, 15) is 14.7 Å². The molecule has 1 saturated carbocycles. The van der Waals surface area contributed by atoms with Gasteiger partial charge < -0.3 is 43.2 Å². The van der Waals surface area contributed by atoms with Crippen molar-refractivity contribution in [2.45, 2.75) is 153 Å². The van der Waals surface area contributed by atoms with E-state index in [0.29, 0.717) is 12.5 Å². The molecule has 0 radical (unpaired) electrons. The number of nitrogens with zero attached hydrogens (tertiary/aromatic N) is 1. The quantitative estimate of drug-likeness (QED) is 0.275. The van der Waals surface area contributed by atoms with E-state index in [-0.39, 0.29) is 84.4 Å². The number of Topliss-reactive ketones (excluding diaryl/α,β-unsaturated/α-hetero) is 1. The Morgan fingerprint density at radius 3 is 2.35 bits per heavy atom. The molecule has 3 heterocycles. The van der Waals surface area contributed by atoms with E-state index < -0.39 is 30.7 Å². The van der Waals surface area contributed by atoms with E-state index >= 15 is 0 Å². The van der Waals surface area contributed by atoms with Crippen molar-refractivity contribution in [2.24, 2.45) is 35.5 Å². The predicted molar refractivity (Wildman–Crippen MR) is 189 cm³/mol. The van der Waals surface area contributed by atoms with Crippen molar-refractivity contribution in [1.82, 2.24) is 4.90 Å². The zero-order chi connectivity index (χ0) is 36.6. The first-order chi connectivity index (χ1) is 24.4. The van der Waals surface area contributed by atoms with E-state index in [1.54, 1.807) is 14.2 Å². The molecule has 51 heavy (non-hydrogen) atoms. The molecule has 3 aliphatic heterocycles. The van der Waals surface area contributed by atoms with E-state index in [0.717, 1.165) is 50.5 Å². The van der Waals surface area contributed by atoms with Crippen molar-refractivity contribution in [3.05, 3.63) is 23.8 Å². The molecule has 11 nitrogen and oxygen atoms in total. The first kappa shape index (κ1) is 39.0. The minimum absolute atomic E-state index is 0.0299. The van der Waals surface area contributed by atoms with Crippen LogP contribution in [0.25, 0.3) is 0 Å². The Kier molecular flexibility index (Phi) is 12.8. The largest absolute Gasteiger partial charge is 0.462 e. The molecule has 0 spiro atoms. The lowest BCUT2D eigenvalue weighted by Crippen LogP contribution is -2.59. The zero-order valence-corrected chi connectivity index (χ0v) is 32.0. The third-order valence-corrected chi connectivity index (χ3v) is 13.0. The number of methoxy groups -OCH3 is 2. The highest BCUT2D eigenvalue weighted by atomic mass is 16.7. The standard InChI is InChI=1S/C40H63NO10/c1-9-25-11-10-12-33(51-35-16-15-32(41(5)6)22(3)47-35)21(2)36(43)31-19-29-27(30(31)20-34(42)49-25)14-13-24-17-26(18-28(24)29)50-40-39(46-8)38(45-7)37(44)23(4)48-40/h13-14,19,21-30,32-33,35,37-40,44H,9-12,15-18,20H2,1-8H3. The van der Waals surface area contributed by atoms with Crippen molar-refractivity contribution in [2.75, 3.05) is 28.3 Å². The highest BCUT2D eigenvalue weighted by Crippen LogP contribution is 2.54. The number of hydrogen-bond donors (Lipinski definition) is 1. The van der Waals surface area contributed by atoms with Gasteiger partial charge in [0.25, 0.3) is 0 Å². The van der Waals surface area contributed by atoms with E-state index in [2.05, 4.69) is 51.1 Å². The van der Waals surface area contributed by atoms with E-state index in [1.165, 1.54) is 0 Å². The second-order valence-electron chi connectivity index (χ2n) is 16.3. The number of hydrogen-bond acceptors (Lipinski definition) is 11. The Hall–Kier alpha value is -1.70. The van der Waals surface area contributed by atoms with Crippen LogP contribution >= 0.6 is 0 Å². The number of carbonyl (C=O) groups excluding carboxylic acids is 2. The van der Waals surface area contributed by atoms with Crippen molar-refractivity contribution in [3.8, 4) is 0 Å². The Morgan fingerprint density at radius 1 is 0.902 bits per heavy atom. The van der Waals surface area contributed by atoms with Crippen LogP contribution in [0.5, 0.6) is 0 Å². The summed E-state index contributed by atoms with van der Waals surface area (Å²) in [4.78, 5) is 30.3. The minimum atomic E-state index is -0.823. The van der Waals surface area contributed by atoms with Gasteiger partial charge in [0.1, 0.15) is 24.4 Å². The molecule has 17 atom stereocenters. The predicted octanol–water partition coefficient (Wildman–Crippen LogP) is 4.83. The normalized spacial score (nSPS) is 46.4. The third-order valence-electron chi connectivity index (χ3n) is 13.0. The van der Waals surface area contributed by atoms with Gasteiger partial charge in [-0.3, -0.25) is 9.59 Å². The summed E-state index contributed by atoms with van der Waals surface area (Å²) in [6.07, 6.45) is 9.33. The van der Waals surface area contributed by atoms with Crippen molar-refractivity contribution < 1.29 is 47.9 Å². The van der Waals surface area contributed by atoms with Crippen LogP contribution in [-0.4, -0.2) is 118 Å². The summed E-state index contributed by atoms with van der Waals surface area (Å²) in [5.74, 6) is -0.112. The lowest BCUT2D eigenvalue weighted by molar-refractivity contribution is -0.311. The fourth-order valence-electron chi connectivity index (χ4n) is 10.1. The van der Waals surface area contributed by atoms with Crippen LogP contribution in [0.1, 0.15) is 85.5 Å². The Bertz CT molecular complexity index is 1270. The van der Waals surface area contributed by atoms with Crippen molar-refractivity contribution in [1.29, 1.82) is 0 Å². The number of aliphatic hydroxyl groups is 1. The number of esters is 1. The highest BCUT2D eigenvalue weighted by molar-refractivity contribution is 5.99. The number of allylic oxidation sites excluding steroid dienone is 4. The molecule has 17 unspecified atom stereocenters. The molecular weight excluding hydrogens is 654 g/mol. The van der Waals surface area contributed by atoms with Gasteiger partial charge in [0.2, 0.25) is 0 Å². The third kappa shape index (κ3) is 8.21. The Morgan fingerprint density at radius 2 is 1.67 bits per heavy atom. The fraction of sp³-hybridized carbons (Fsp3) is 0.850. The van der Waals surface area contributed by atoms with Crippen LogP contribution in [-0.2, 0) is 42.7 Å². The van der Waals surface area contributed by atoms with Gasteiger partial charge in [-0.2, -0.15) is 0 Å². The molecule has 288 valence electrons. The lowest BCUT2D eigenvalue weighted by Gasteiger charge is -2.43. The van der Waals surface area contributed by atoms with Gasteiger partial charge in [0.15, 0.2) is 18.4 Å². The van der Waals surface area contributed by atoms with Gasteiger partial charge in [0, 0.05) is 32.1 Å². The molecule has 0 aromatic rings. The van der Waals surface area contributed by atoms with Gasteiger partial charge in [-0.05, 0) is 109 Å². The summed E-state index contributed by atoms with van der Waals surface area (Å²) in [6, 6.07) is 0.334. The van der Waals surface area contributed by atoms with Crippen LogP contribution in [0.15, 0.2) is 23.8 Å². The molecular formula is C40H63NO10. The number of fused-ring (bicyclic) bond motifs is 5. The fourth-order valence-corrected chi connectivity index (χ4v) is 10.1. The molecule has 0 bridgehead atoms. The van der Waals surface area contributed by atoms with Crippen molar-refractivity contribution in [3.63, 3.8) is 0 Å². The highest BCUT2D eigenvalue weighted by Gasteiger charge is 2.52. The smallest absolute Gasteiger partial charge is 0.306 e. The molecule has 3 aliphatic carbocycles. The number of ether oxygens (including phenoxy) is 7. The molecule has 0 amide bonds. The van der Waals surface area contributed by atoms with Crippen LogP contribution < -0.4 is 0 Å². The molecule has 6 aliphatic rings. The molecule has 0 aromatic heterocycles. The van der Waals surface area contributed by atoms with Gasteiger partial charge in [0.05, 0.1) is 30.8 Å². The molecule has 6 rings (SSSR count). The van der Waals surface area contributed by atoms with Gasteiger partial charge in [-0.1, -0.05) is 32.1 Å². The Balaban J connectivity index is 1.21. The summed E-state index contributed by atoms with van der Waals surface area (Å²) in [5, 5.41) is 10.6. The Labute approximate surface area is 304 Å². The SMILES string of the molecule is CCC1CCCC(OC2CCC(N(C)C)C(C)O2)C(C)C(=O)C2=CC3C(C=CC4CC(OC5OC(C)C(O)C(OC)C5OC)CC43)C2CC(=O)O1.